The summed E-state index contributed by atoms with van der Waals surface area (Å²) in [6.45, 7) is 6.52. The number of hydrogen-bond donors (Lipinski definition) is 2. The third-order valence-electron chi connectivity index (χ3n) is 4.08. The molecule has 0 aromatic rings. The van der Waals surface area contributed by atoms with E-state index < -0.39 is 0 Å². The van der Waals surface area contributed by atoms with E-state index in [1.165, 1.54) is 0 Å². The number of likely N-dealkylation sites (tertiary alicyclic amines) is 1. The quantitative estimate of drug-likeness (QED) is 0.262. The van der Waals surface area contributed by atoms with Gasteiger partial charge in [-0.2, -0.15) is 0 Å². The van der Waals surface area contributed by atoms with Crippen LogP contribution >= 0.6 is 24.0 Å². The number of guanidine groups is 1. The van der Waals surface area contributed by atoms with Crippen molar-refractivity contribution < 1.29 is 9.53 Å². The molecular formula is C16H33IN4O2. The lowest BCUT2D eigenvalue weighted by Gasteiger charge is -2.34. The Labute approximate surface area is 157 Å². The molecule has 136 valence electrons. The van der Waals surface area contributed by atoms with Gasteiger partial charge in [0.15, 0.2) is 5.96 Å². The predicted octanol–water partition coefficient (Wildman–Crippen LogP) is 1.84. The zero-order chi connectivity index (χ0) is 16.2. The molecule has 0 spiro atoms. The number of hydrogen-bond acceptors (Lipinski definition) is 3. The maximum atomic E-state index is 11.4. The number of amides is 1. The van der Waals surface area contributed by atoms with Crippen LogP contribution in [0.15, 0.2) is 4.99 Å². The second-order valence-corrected chi connectivity index (χ2v) is 5.69. The highest BCUT2D eigenvalue weighted by Gasteiger charge is 2.22. The molecule has 6 nitrogen and oxygen atoms in total. The van der Waals surface area contributed by atoms with E-state index in [-0.39, 0.29) is 29.9 Å². The van der Waals surface area contributed by atoms with Crippen molar-refractivity contribution in [2.45, 2.75) is 39.0 Å². The van der Waals surface area contributed by atoms with Crippen LogP contribution in [0.3, 0.4) is 0 Å². The van der Waals surface area contributed by atoms with Crippen LogP contribution in [0.4, 0.5) is 0 Å². The molecule has 0 atom stereocenters. The van der Waals surface area contributed by atoms with E-state index in [1.54, 1.807) is 7.05 Å². The van der Waals surface area contributed by atoms with E-state index in [4.69, 9.17) is 4.74 Å². The molecule has 1 heterocycles. The van der Waals surface area contributed by atoms with Crippen molar-refractivity contribution in [2.24, 2.45) is 10.9 Å². The van der Waals surface area contributed by atoms with Gasteiger partial charge in [0.25, 0.3) is 0 Å². The minimum absolute atomic E-state index is 0. The first-order chi connectivity index (χ1) is 10.7. The molecule has 1 amide bonds. The van der Waals surface area contributed by atoms with E-state index in [0.29, 0.717) is 12.3 Å². The Morgan fingerprint density at radius 1 is 1.30 bits per heavy atom. The van der Waals surface area contributed by atoms with Gasteiger partial charge in [-0.25, -0.2) is 0 Å². The highest BCUT2D eigenvalue weighted by atomic mass is 127. The minimum Gasteiger partial charge on any atom is -0.382 e. The van der Waals surface area contributed by atoms with Crippen LogP contribution in [-0.4, -0.2) is 63.7 Å². The molecule has 7 heteroatoms. The highest BCUT2D eigenvalue weighted by Crippen LogP contribution is 2.20. The number of aliphatic imine (C=N–C) groups is 1. The number of carbonyl (C=O) groups is 1. The number of carbonyl (C=O) groups excluding carboxylic acids is 1. The van der Waals surface area contributed by atoms with Crippen molar-refractivity contribution in [3.8, 4) is 0 Å². The first-order valence-electron chi connectivity index (χ1n) is 8.45. The Kier molecular flexibility index (Phi) is 13.5. The topological polar surface area (TPSA) is 66.0 Å². The fourth-order valence-corrected chi connectivity index (χ4v) is 2.72. The maximum absolute atomic E-state index is 11.4. The van der Waals surface area contributed by atoms with Crippen molar-refractivity contribution >= 4 is 35.8 Å². The average molecular weight is 440 g/mol. The lowest BCUT2D eigenvalue weighted by Crippen LogP contribution is -2.46. The summed E-state index contributed by atoms with van der Waals surface area (Å²) in [4.78, 5) is 18.1. The van der Waals surface area contributed by atoms with Crippen LogP contribution < -0.4 is 10.6 Å². The molecule has 1 aliphatic rings. The Balaban J connectivity index is 0.00000484. The second kappa shape index (κ2) is 13.8. The van der Waals surface area contributed by atoms with Gasteiger partial charge in [-0.1, -0.05) is 0 Å². The third-order valence-corrected chi connectivity index (χ3v) is 4.08. The van der Waals surface area contributed by atoms with Gasteiger partial charge in [-0.15, -0.1) is 24.0 Å². The van der Waals surface area contributed by atoms with Crippen molar-refractivity contribution in [3.63, 3.8) is 0 Å². The van der Waals surface area contributed by atoms with Crippen LogP contribution in [0, 0.1) is 5.92 Å². The van der Waals surface area contributed by atoms with Crippen LogP contribution in [0.1, 0.15) is 39.0 Å². The van der Waals surface area contributed by atoms with Gasteiger partial charge < -0.3 is 20.3 Å². The van der Waals surface area contributed by atoms with Crippen molar-refractivity contribution in [1.29, 1.82) is 0 Å². The summed E-state index contributed by atoms with van der Waals surface area (Å²) in [7, 11) is 3.54. The van der Waals surface area contributed by atoms with Crippen molar-refractivity contribution in [1.82, 2.24) is 15.5 Å². The summed E-state index contributed by atoms with van der Waals surface area (Å²) in [5.74, 6) is 1.63. The fraction of sp³-hybridized carbons (Fsp3) is 0.875. The molecule has 0 unspecified atom stereocenters. The van der Waals surface area contributed by atoms with E-state index in [2.05, 4.69) is 20.5 Å². The smallest absolute Gasteiger partial charge is 0.220 e. The summed E-state index contributed by atoms with van der Waals surface area (Å²) in [5.41, 5.74) is 0. The molecule has 0 saturated carbocycles. The summed E-state index contributed by atoms with van der Waals surface area (Å²) in [5, 5.41) is 6.13. The summed E-state index contributed by atoms with van der Waals surface area (Å²) in [6.07, 6.45) is 4.92. The first kappa shape index (κ1) is 22.4. The number of nitrogens with zero attached hydrogens (tertiary/aromatic N) is 2. The Hall–Kier alpha value is -0.570. The van der Waals surface area contributed by atoms with E-state index in [0.717, 1.165) is 64.5 Å². The number of ether oxygens (including phenoxy) is 1. The molecule has 2 N–H and O–H groups in total. The van der Waals surface area contributed by atoms with Crippen LogP contribution in [0.2, 0.25) is 0 Å². The summed E-state index contributed by atoms with van der Waals surface area (Å²) in [6, 6.07) is 0. The molecule has 0 bridgehead atoms. The lowest BCUT2D eigenvalue weighted by atomic mass is 9.93. The lowest BCUT2D eigenvalue weighted by molar-refractivity contribution is -0.121. The molecule has 23 heavy (non-hydrogen) atoms. The van der Waals surface area contributed by atoms with Crippen LogP contribution in [0.5, 0.6) is 0 Å². The highest BCUT2D eigenvalue weighted by molar-refractivity contribution is 14.0. The summed E-state index contributed by atoms with van der Waals surface area (Å²) >= 11 is 0. The Morgan fingerprint density at radius 3 is 2.57 bits per heavy atom. The number of rotatable bonds is 8. The SMILES string of the molecule is CCOCCCCNC(=NC)N1CCC(CC(=O)NC)CC1.I. The third kappa shape index (κ3) is 9.34. The number of nitrogens with one attached hydrogen (secondary N) is 2. The van der Waals surface area contributed by atoms with Crippen LogP contribution in [0.25, 0.3) is 0 Å². The number of halogens is 1. The molecule has 1 fully saturated rings. The summed E-state index contributed by atoms with van der Waals surface area (Å²) < 4.78 is 5.33. The molecule has 1 rings (SSSR count). The van der Waals surface area contributed by atoms with Gasteiger partial charge in [0.05, 0.1) is 0 Å². The average Bonchev–Trinajstić information content (AvgIpc) is 2.55. The van der Waals surface area contributed by atoms with Gasteiger partial charge in [0.1, 0.15) is 0 Å². The van der Waals surface area contributed by atoms with Crippen LogP contribution in [-0.2, 0) is 9.53 Å². The monoisotopic (exact) mass is 440 g/mol. The zero-order valence-electron chi connectivity index (χ0n) is 14.8. The maximum Gasteiger partial charge on any atom is 0.220 e. The number of unbranched alkanes of at least 4 members (excludes halogenated alkanes) is 1. The molecule has 0 aliphatic carbocycles. The van der Waals surface area contributed by atoms with Gasteiger partial charge in [0.2, 0.25) is 5.91 Å². The van der Waals surface area contributed by atoms with Gasteiger partial charge in [0, 0.05) is 53.4 Å². The Morgan fingerprint density at radius 2 is 2.00 bits per heavy atom. The fourth-order valence-electron chi connectivity index (χ4n) is 2.72. The van der Waals surface area contributed by atoms with E-state index >= 15 is 0 Å². The Bertz CT molecular complexity index is 345. The molecule has 0 aromatic heterocycles. The van der Waals surface area contributed by atoms with E-state index in [9.17, 15) is 4.79 Å². The van der Waals surface area contributed by atoms with Crippen molar-refractivity contribution in [3.05, 3.63) is 0 Å². The number of piperidine rings is 1. The van der Waals surface area contributed by atoms with Gasteiger partial charge in [-0.05, 0) is 38.5 Å². The van der Waals surface area contributed by atoms with E-state index in [1.807, 2.05) is 14.0 Å². The minimum atomic E-state index is 0. The zero-order valence-corrected chi connectivity index (χ0v) is 17.1. The van der Waals surface area contributed by atoms with Gasteiger partial charge >= 0.3 is 0 Å². The first-order valence-corrected chi connectivity index (χ1v) is 8.45. The van der Waals surface area contributed by atoms with Crippen molar-refractivity contribution in [2.75, 3.05) is 46.9 Å². The largest absolute Gasteiger partial charge is 0.382 e. The molecular weight excluding hydrogens is 407 g/mol. The molecule has 0 radical (unpaired) electrons. The predicted molar refractivity (Wildman–Crippen MR) is 105 cm³/mol. The van der Waals surface area contributed by atoms with Gasteiger partial charge in [-0.3, -0.25) is 9.79 Å². The second-order valence-electron chi connectivity index (χ2n) is 5.69. The standard InChI is InChI=1S/C16H32N4O2.HI/c1-4-22-12-6-5-9-19-16(18-3)20-10-7-14(8-11-20)13-15(21)17-2;/h14H,4-13H2,1-3H3,(H,17,21)(H,18,19);1H. The normalized spacial score (nSPS) is 16.0. The molecule has 1 saturated heterocycles. The molecule has 0 aromatic carbocycles. The molecule has 1 aliphatic heterocycles.